The molecule has 1 aromatic heterocycles. The summed E-state index contributed by atoms with van der Waals surface area (Å²) in [6.45, 7) is 8.15. The lowest BCUT2D eigenvalue weighted by Gasteiger charge is -2.36. The summed E-state index contributed by atoms with van der Waals surface area (Å²) in [6, 6.07) is 5.16. The van der Waals surface area contributed by atoms with E-state index in [-0.39, 0.29) is 0 Å². The van der Waals surface area contributed by atoms with Crippen molar-refractivity contribution < 1.29 is 4.74 Å². The molecule has 2 fully saturated rings. The summed E-state index contributed by atoms with van der Waals surface area (Å²) < 4.78 is 5.94. The van der Waals surface area contributed by atoms with Gasteiger partial charge in [0.25, 0.3) is 0 Å². The molecule has 4 nitrogen and oxygen atoms in total. The SMILES string of the molecule is CC(C)c1ccc(N2CCO[C@@H](CN(C)C3CC3)C2)cn1. The maximum atomic E-state index is 5.94. The van der Waals surface area contributed by atoms with Crippen LogP contribution in [0.15, 0.2) is 18.3 Å². The van der Waals surface area contributed by atoms with E-state index in [0.717, 1.165) is 38.0 Å². The maximum Gasteiger partial charge on any atom is 0.0877 e. The lowest BCUT2D eigenvalue weighted by molar-refractivity contribution is 0.0192. The van der Waals surface area contributed by atoms with Gasteiger partial charge in [-0.3, -0.25) is 4.98 Å². The van der Waals surface area contributed by atoms with Crippen molar-refractivity contribution >= 4 is 5.69 Å². The largest absolute Gasteiger partial charge is 0.373 e. The Kier molecular flexibility index (Phi) is 4.45. The summed E-state index contributed by atoms with van der Waals surface area (Å²) >= 11 is 0. The minimum absolute atomic E-state index is 0.314. The van der Waals surface area contributed by atoms with Gasteiger partial charge >= 0.3 is 0 Å². The van der Waals surface area contributed by atoms with Crippen LogP contribution in [0.4, 0.5) is 5.69 Å². The number of anilines is 1. The van der Waals surface area contributed by atoms with Crippen molar-refractivity contribution in [2.24, 2.45) is 0 Å². The van der Waals surface area contributed by atoms with Crippen LogP contribution in [0, 0.1) is 0 Å². The second kappa shape index (κ2) is 6.32. The van der Waals surface area contributed by atoms with E-state index in [9.17, 15) is 0 Å². The normalized spacial score (nSPS) is 23.1. The second-order valence-corrected chi connectivity index (χ2v) is 6.71. The molecule has 1 aromatic rings. The summed E-state index contributed by atoms with van der Waals surface area (Å²) in [5.74, 6) is 0.490. The zero-order valence-electron chi connectivity index (χ0n) is 13.5. The van der Waals surface area contributed by atoms with Crippen LogP contribution >= 0.6 is 0 Å². The van der Waals surface area contributed by atoms with Gasteiger partial charge in [-0.15, -0.1) is 0 Å². The smallest absolute Gasteiger partial charge is 0.0877 e. The monoisotopic (exact) mass is 289 g/mol. The highest BCUT2D eigenvalue weighted by atomic mass is 16.5. The zero-order chi connectivity index (χ0) is 14.8. The number of rotatable bonds is 5. The third kappa shape index (κ3) is 3.74. The van der Waals surface area contributed by atoms with Crippen molar-refractivity contribution in [2.75, 3.05) is 38.2 Å². The Morgan fingerprint density at radius 3 is 2.81 bits per heavy atom. The Morgan fingerprint density at radius 2 is 2.19 bits per heavy atom. The molecule has 0 N–H and O–H groups in total. The van der Waals surface area contributed by atoms with Crippen molar-refractivity contribution in [2.45, 2.75) is 44.8 Å². The van der Waals surface area contributed by atoms with Crippen molar-refractivity contribution in [1.82, 2.24) is 9.88 Å². The van der Waals surface area contributed by atoms with Gasteiger partial charge in [0.05, 0.1) is 24.6 Å². The van der Waals surface area contributed by atoms with Crippen LogP contribution in [0.1, 0.15) is 38.3 Å². The van der Waals surface area contributed by atoms with Crippen LogP contribution in [0.3, 0.4) is 0 Å². The van der Waals surface area contributed by atoms with E-state index < -0.39 is 0 Å². The summed E-state index contributed by atoms with van der Waals surface area (Å²) in [4.78, 5) is 9.45. The van der Waals surface area contributed by atoms with Crippen molar-refractivity contribution in [3.63, 3.8) is 0 Å². The first-order valence-corrected chi connectivity index (χ1v) is 8.16. The fourth-order valence-electron chi connectivity index (χ4n) is 2.98. The van der Waals surface area contributed by atoms with Crippen LogP contribution in [-0.4, -0.2) is 55.3 Å². The van der Waals surface area contributed by atoms with E-state index in [0.29, 0.717) is 12.0 Å². The average Bonchev–Trinajstić information content (AvgIpc) is 3.32. The van der Waals surface area contributed by atoms with E-state index in [4.69, 9.17) is 4.74 Å². The van der Waals surface area contributed by atoms with E-state index in [1.54, 1.807) is 0 Å². The van der Waals surface area contributed by atoms with Crippen molar-refractivity contribution in [3.8, 4) is 0 Å². The highest BCUT2D eigenvalue weighted by Crippen LogP contribution is 2.26. The summed E-state index contributed by atoms with van der Waals surface area (Å²) in [7, 11) is 2.22. The van der Waals surface area contributed by atoms with Gasteiger partial charge in [-0.2, -0.15) is 0 Å². The molecule has 1 atom stereocenters. The minimum Gasteiger partial charge on any atom is -0.373 e. The molecule has 0 spiro atoms. The first-order valence-electron chi connectivity index (χ1n) is 8.16. The average molecular weight is 289 g/mol. The molecule has 1 saturated carbocycles. The highest BCUT2D eigenvalue weighted by molar-refractivity contribution is 5.45. The molecule has 1 aliphatic heterocycles. The molecule has 0 unspecified atom stereocenters. The standard InChI is InChI=1S/C17H27N3O/c1-13(2)17-7-6-15(10-18-17)20-8-9-21-16(12-20)11-19(3)14-4-5-14/h6-7,10,13-14,16H,4-5,8-9,11-12H2,1-3H3/t16-/m0/s1. The Balaban J connectivity index is 1.59. The molecule has 0 amide bonds. The number of morpholine rings is 1. The molecule has 1 aliphatic carbocycles. The summed E-state index contributed by atoms with van der Waals surface area (Å²) in [5.41, 5.74) is 2.39. The van der Waals surface area contributed by atoms with E-state index >= 15 is 0 Å². The Morgan fingerprint density at radius 1 is 1.38 bits per heavy atom. The molecule has 21 heavy (non-hydrogen) atoms. The number of ether oxygens (including phenoxy) is 1. The van der Waals surface area contributed by atoms with Crippen LogP contribution in [0.2, 0.25) is 0 Å². The third-order valence-electron chi connectivity index (χ3n) is 4.53. The van der Waals surface area contributed by atoms with Gasteiger partial charge in [0, 0.05) is 31.4 Å². The Hall–Kier alpha value is -1.13. The van der Waals surface area contributed by atoms with Gasteiger partial charge < -0.3 is 14.5 Å². The summed E-state index contributed by atoms with van der Waals surface area (Å²) in [5, 5.41) is 0. The summed E-state index contributed by atoms with van der Waals surface area (Å²) in [6.07, 6.45) is 5.04. The Labute approximate surface area is 128 Å². The number of pyridine rings is 1. The second-order valence-electron chi connectivity index (χ2n) is 6.71. The molecule has 1 saturated heterocycles. The lowest BCUT2D eigenvalue weighted by atomic mass is 10.1. The predicted molar refractivity (Wildman–Crippen MR) is 85.9 cm³/mol. The molecular weight excluding hydrogens is 262 g/mol. The fraction of sp³-hybridized carbons (Fsp3) is 0.706. The van der Waals surface area contributed by atoms with Gasteiger partial charge in [0.1, 0.15) is 0 Å². The third-order valence-corrected chi connectivity index (χ3v) is 4.53. The predicted octanol–water partition coefficient (Wildman–Crippen LogP) is 2.50. The van der Waals surface area contributed by atoms with Gasteiger partial charge in [0.2, 0.25) is 0 Å². The van der Waals surface area contributed by atoms with Gasteiger partial charge in [-0.1, -0.05) is 13.8 Å². The van der Waals surface area contributed by atoms with E-state index in [1.807, 2.05) is 6.20 Å². The lowest BCUT2D eigenvalue weighted by Crippen LogP contribution is -2.47. The number of hydrogen-bond donors (Lipinski definition) is 0. The first-order chi connectivity index (χ1) is 10.1. The van der Waals surface area contributed by atoms with E-state index in [2.05, 4.69) is 47.8 Å². The molecule has 0 bridgehead atoms. The van der Waals surface area contributed by atoms with E-state index in [1.165, 1.54) is 18.5 Å². The quantitative estimate of drug-likeness (QED) is 0.833. The molecular formula is C17H27N3O. The molecule has 2 heterocycles. The van der Waals surface area contributed by atoms with Crippen LogP contribution < -0.4 is 4.90 Å². The highest BCUT2D eigenvalue weighted by Gasteiger charge is 2.29. The van der Waals surface area contributed by atoms with Crippen LogP contribution in [0.25, 0.3) is 0 Å². The maximum absolute atomic E-state index is 5.94. The van der Waals surface area contributed by atoms with Crippen molar-refractivity contribution in [3.05, 3.63) is 24.0 Å². The molecule has 3 rings (SSSR count). The fourth-order valence-corrected chi connectivity index (χ4v) is 2.98. The molecule has 116 valence electrons. The van der Waals surface area contributed by atoms with Crippen LogP contribution in [-0.2, 0) is 4.74 Å². The zero-order valence-corrected chi connectivity index (χ0v) is 13.5. The number of nitrogens with zero attached hydrogens (tertiary/aromatic N) is 3. The van der Waals surface area contributed by atoms with Gasteiger partial charge in [0.15, 0.2) is 0 Å². The van der Waals surface area contributed by atoms with Gasteiger partial charge in [-0.05, 0) is 37.9 Å². The Bertz CT molecular complexity index is 456. The van der Waals surface area contributed by atoms with Crippen LogP contribution in [0.5, 0.6) is 0 Å². The number of aromatic nitrogens is 1. The molecule has 4 heteroatoms. The molecule has 0 aromatic carbocycles. The van der Waals surface area contributed by atoms with Gasteiger partial charge in [-0.25, -0.2) is 0 Å². The van der Waals surface area contributed by atoms with Crippen molar-refractivity contribution in [1.29, 1.82) is 0 Å². The minimum atomic E-state index is 0.314. The molecule has 2 aliphatic rings. The first kappa shape index (κ1) is 14.8. The number of likely N-dealkylation sites (N-methyl/N-ethyl adjacent to an activating group) is 1. The topological polar surface area (TPSA) is 28.6 Å². The number of hydrogen-bond acceptors (Lipinski definition) is 4. The molecule has 0 radical (unpaired) electrons.